The summed E-state index contributed by atoms with van der Waals surface area (Å²) < 4.78 is 43.6. The molecule has 8 heteroatoms. The van der Waals surface area contributed by atoms with E-state index in [2.05, 4.69) is 9.13 Å². The average Bonchev–Trinajstić information content (AvgIpc) is 2.55. The van der Waals surface area contributed by atoms with Gasteiger partial charge < -0.3 is 10.5 Å². The van der Waals surface area contributed by atoms with Crippen molar-refractivity contribution in [1.82, 2.24) is 0 Å². The number of nitrogens with zero attached hydrogens (tertiary/aromatic N) is 1. The second-order valence-corrected chi connectivity index (χ2v) is 4.89. The molecular weight excluding hydrogens is 263 g/mol. The summed E-state index contributed by atoms with van der Waals surface area (Å²) in [6.45, 7) is 0. The molecule has 0 aliphatic carbocycles. The molecule has 94 valence electrons. The van der Waals surface area contributed by atoms with Crippen molar-refractivity contribution < 1.29 is 22.3 Å². The quantitative estimate of drug-likeness (QED) is 0.616. The molecule has 1 aliphatic heterocycles. The minimum atomic E-state index is -4.14. The first-order valence-electron chi connectivity index (χ1n) is 4.69. The number of rotatable bonds is 2. The van der Waals surface area contributed by atoms with Gasteiger partial charge in [-0.25, -0.2) is 9.18 Å². The Labute approximate surface area is 102 Å². The van der Waals surface area contributed by atoms with E-state index in [0.717, 1.165) is 12.1 Å². The second kappa shape index (κ2) is 4.22. The number of carbonyl (C=O) groups is 1. The Bertz CT molecular complexity index is 679. The Hall–Kier alpha value is -2.22. The maximum absolute atomic E-state index is 13.2. The minimum Gasteiger partial charge on any atom is -0.419 e. The van der Waals surface area contributed by atoms with Gasteiger partial charge >= 0.3 is 5.97 Å². The van der Waals surface area contributed by atoms with Crippen LogP contribution in [0.15, 0.2) is 39.6 Å². The standard InChI is InChI=1S/C10H7FN2O4S/c11-6-3-1-2-4-7(6)17-10(14)8-5-9(12)13-18(8,15)16/h1-5H,(H2,12,13). The Kier molecular flexibility index (Phi) is 2.87. The smallest absolute Gasteiger partial charge is 0.357 e. The first-order valence-corrected chi connectivity index (χ1v) is 6.13. The highest BCUT2D eigenvalue weighted by Gasteiger charge is 2.31. The van der Waals surface area contributed by atoms with Gasteiger partial charge in [0.2, 0.25) is 0 Å². The van der Waals surface area contributed by atoms with Crippen LogP contribution in [0, 0.1) is 5.82 Å². The highest BCUT2D eigenvalue weighted by molar-refractivity contribution is 7.95. The lowest BCUT2D eigenvalue weighted by molar-refractivity contribution is -0.129. The molecule has 0 amide bonds. The molecule has 0 saturated carbocycles. The summed E-state index contributed by atoms with van der Waals surface area (Å²) in [7, 11) is -4.14. The second-order valence-electron chi connectivity index (χ2n) is 3.32. The molecule has 0 radical (unpaired) electrons. The van der Waals surface area contributed by atoms with E-state index in [4.69, 9.17) is 5.73 Å². The van der Waals surface area contributed by atoms with Gasteiger partial charge in [0.1, 0.15) is 5.84 Å². The number of nitrogens with two attached hydrogens (primary N) is 1. The van der Waals surface area contributed by atoms with Gasteiger partial charge in [0, 0.05) is 6.08 Å². The van der Waals surface area contributed by atoms with Crippen molar-refractivity contribution in [3.63, 3.8) is 0 Å². The van der Waals surface area contributed by atoms with Crippen molar-refractivity contribution in [1.29, 1.82) is 0 Å². The topological polar surface area (TPSA) is 98.8 Å². The van der Waals surface area contributed by atoms with Crippen molar-refractivity contribution in [2.75, 3.05) is 0 Å². The SMILES string of the molecule is NC1=NS(=O)(=O)C(C(=O)Oc2ccccc2F)=C1. The zero-order valence-electron chi connectivity index (χ0n) is 8.83. The van der Waals surface area contributed by atoms with Gasteiger partial charge in [-0.3, -0.25) is 0 Å². The largest absolute Gasteiger partial charge is 0.419 e. The van der Waals surface area contributed by atoms with Crippen LogP contribution in [0.5, 0.6) is 5.75 Å². The van der Waals surface area contributed by atoms with Crippen LogP contribution in [0.1, 0.15) is 0 Å². The predicted molar refractivity (Wildman–Crippen MR) is 60.7 cm³/mol. The van der Waals surface area contributed by atoms with E-state index in [1.807, 2.05) is 0 Å². The molecule has 0 unspecified atom stereocenters. The summed E-state index contributed by atoms with van der Waals surface area (Å²) >= 11 is 0. The Morgan fingerprint density at radius 2 is 2.00 bits per heavy atom. The Morgan fingerprint density at radius 1 is 1.33 bits per heavy atom. The van der Waals surface area contributed by atoms with Crippen molar-refractivity contribution in [3.8, 4) is 5.75 Å². The van der Waals surface area contributed by atoms with E-state index in [1.165, 1.54) is 18.2 Å². The summed E-state index contributed by atoms with van der Waals surface area (Å²) in [6, 6.07) is 5.11. The molecular formula is C10H7FN2O4S. The number of esters is 1. The summed E-state index contributed by atoms with van der Waals surface area (Å²) in [5.41, 5.74) is 5.17. The van der Waals surface area contributed by atoms with Crippen LogP contribution in [0.4, 0.5) is 4.39 Å². The van der Waals surface area contributed by atoms with Crippen LogP contribution < -0.4 is 10.5 Å². The highest BCUT2D eigenvalue weighted by Crippen LogP contribution is 2.21. The fourth-order valence-corrected chi connectivity index (χ4v) is 2.22. The number of ether oxygens (including phenoxy) is 1. The highest BCUT2D eigenvalue weighted by atomic mass is 32.2. The zero-order chi connectivity index (χ0) is 13.3. The summed E-state index contributed by atoms with van der Waals surface area (Å²) in [5.74, 6) is -2.71. The number of benzene rings is 1. The molecule has 1 aromatic carbocycles. The molecule has 1 aromatic rings. The molecule has 6 nitrogen and oxygen atoms in total. The summed E-state index contributed by atoms with van der Waals surface area (Å²) in [5, 5.41) is 0. The molecule has 0 spiro atoms. The van der Waals surface area contributed by atoms with E-state index in [-0.39, 0.29) is 11.6 Å². The van der Waals surface area contributed by atoms with Crippen LogP contribution in [0.3, 0.4) is 0 Å². The molecule has 2 rings (SSSR count). The fourth-order valence-electron chi connectivity index (χ4n) is 1.26. The third-order valence-electron chi connectivity index (χ3n) is 2.02. The normalized spacial score (nSPS) is 16.9. The number of sulfonamides is 1. The monoisotopic (exact) mass is 270 g/mol. The van der Waals surface area contributed by atoms with Gasteiger partial charge in [0.05, 0.1) is 0 Å². The maximum Gasteiger partial charge on any atom is 0.357 e. The molecule has 1 heterocycles. The lowest BCUT2D eigenvalue weighted by Crippen LogP contribution is -2.16. The average molecular weight is 270 g/mol. The summed E-state index contributed by atoms with van der Waals surface area (Å²) in [6.07, 6.45) is 0.860. The van der Waals surface area contributed by atoms with E-state index >= 15 is 0 Å². The third-order valence-corrected chi connectivity index (χ3v) is 3.31. The van der Waals surface area contributed by atoms with Crippen molar-refractivity contribution >= 4 is 21.8 Å². The van der Waals surface area contributed by atoms with Crippen LogP contribution in [0.2, 0.25) is 0 Å². The molecule has 1 aliphatic rings. The van der Waals surface area contributed by atoms with Gasteiger partial charge in [-0.15, -0.1) is 4.40 Å². The number of para-hydroxylation sites is 1. The van der Waals surface area contributed by atoms with E-state index in [1.54, 1.807) is 0 Å². The van der Waals surface area contributed by atoms with Crippen LogP contribution in [0.25, 0.3) is 0 Å². The van der Waals surface area contributed by atoms with E-state index < -0.39 is 26.7 Å². The van der Waals surface area contributed by atoms with Crippen molar-refractivity contribution in [2.24, 2.45) is 10.1 Å². The lowest BCUT2D eigenvalue weighted by Gasteiger charge is -2.04. The van der Waals surface area contributed by atoms with Crippen molar-refractivity contribution in [2.45, 2.75) is 0 Å². The summed E-state index contributed by atoms with van der Waals surface area (Å²) in [4.78, 5) is 10.8. The lowest BCUT2D eigenvalue weighted by atomic mass is 10.3. The molecule has 18 heavy (non-hydrogen) atoms. The molecule has 0 bridgehead atoms. The zero-order valence-corrected chi connectivity index (χ0v) is 9.65. The molecule has 2 N–H and O–H groups in total. The number of hydrogen-bond donors (Lipinski definition) is 1. The van der Waals surface area contributed by atoms with Crippen LogP contribution in [-0.2, 0) is 14.8 Å². The van der Waals surface area contributed by atoms with E-state index in [0.29, 0.717) is 0 Å². The molecule has 0 aromatic heterocycles. The van der Waals surface area contributed by atoms with Crippen molar-refractivity contribution in [3.05, 3.63) is 41.1 Å². The Balaban J connectivity index is 2.26. The minimum absolute atomic E-state index is 0.324. The van der Waals surface area contributed by atoms with Crippen LogP contribution >= 0.6 is 0 Å². The van der Waals surface area contributed by atoms with Gasteiger partial charge in [-0.2, -0.15) is 8.42 Å². The first-order chi connectivity index (χ1) is 8.40. The first kappa shape index (κ1) is 12.2. The maximum atomic E-state index is 13.2. The van der Waals surface area contributed by atoms with Crippen LogP contribution in [-0.4, -0.2) is 20.2 Å². The van der Waals surface area contributed by atoms with E-state index in [9.17, 15) is 17.6 Å². The predicted octanol–water partition coefficient (Wildman–Crippen LogP) is 0.316. The number of hydrogen-bond acceptors (Lipinski definition) is 5. The van der Waals surface area contributed by atoms with Gasteiger partial charge in [0.15, 0.2) is 16.5 Å². The number of amidine groups is 1. The van der Waals surface area contributed by atoms with Gasteiger partial charge in [-0.05, 0) is 12.1 Å². The number of halogens is 1. The Morgan fingerprint density at radius 3 is 2.56 bits per heavy atom. The van der Waals surface area contributed by atoms with Gasteiger partial charge in [-0.1, -0.05) is 12.1 Å². The third kappa shape index (κ3) is 2.23. The number of carbonyl (C=O) groups excluding carboxylic acids is 1. The fraction of sp³-hybridized carbons (Fsp3) is 0. The molecule has 0 fully saturated rings. The van der Waals surface area contributed by atoms with Gasteiger partial charge in [0.25, 0.3) is 10.0 Å². The molecule has 0 atom stereocenters. The molecule has 0 saturated heterocycles.